The Morgan fingerprint density at radius 2 is 1.93 bits per heavy atom. The molecule has 0 radical (unpaired) electrons. The van der Waals surface area contributed by atoms with Gasteiger partial charge in [-0.2, -0.15) is 0 Å². The normalized spacial score (nSPS) is 10.1. The minimum atomic E-state index is 0.100. The van der Waals surface area contributed by atoms with Crippen LogP contribution in [0.2, 0.25) is 0 Å². The van der Waals surface area contributed by atoms with Crippen LogP contribution >= 0.6 is 0 Å². The number of pyridine rings is 1. The molecule has 0 saturated carbocycles. The molecule has 3 heteroatoms. The zero-order valence-corrected chi connectivity index (χ0v) is 9.87. The third-order valence-corrected chi connectivity index (χ3v) is 2.74. The zero-order valence-electron chi connectivity index (χ0n) is 9.87. The number of carbonyl (C=O) groups is 1. The van der Waals surface area contributed by atoms with E-state index in [1.54, 1.807) is 12.3 Å². The third kappa shape index (κ3) is 2.35. The Hall–Kier alpha value is -1.38. The van der Waals surface area contributed by atoms with Gasteiger partial charge in [0.2, 0.25) is 0 Å². The summed E-state index contributed by atoms with van der Waals surface area (Å²) in [6.45, 7) is 9.34. The molecule has 3 nitrogen and oxygen atoms in total. The lowest BCUT2D eigenvalue weighted by atomic mass is 10.1. The fourth-order valence-corrected chi connectivity index (χ4v) is 1.55. The van der Waals surface area contributed by atoms with Crippen LogP contribution in [0, 0.1) is 13.8 Å². The minimum Gasteiger partial charge on any atom is -0.339 e. The Balaban J connectivity index is 3.05. The van der Waals surface area contributed by atoms with Gasteiger partial charge in [-0.15, -0.1) is 0 Å². The average molecular weight is 206 g/mol. The Morgan fingerprint density at radius 3 is 2.47 bits per heavy atom. The summed E-state index contributed by atoms with van der Waals surface area (Å²) in [5.41, 5.74) is 2.67. The topological polar surface area (TPSA) is 33.2 Å². The first-order valence-electron chi connectivity index (χ1n) is 5.33. The summed E-state index contributed by atoms with van der Waals surface area (Å²) in [5, 5.41) is 0. The molecule has 15 heavy (non-hydrogen) atoms. The maximum Gasteiger partial charge on any atom is 0.254 e. The van der Waals surface area contributed by atoms with E-state index in [2.05, 4.69) is 4.98 Å². The largest absolute Gasteiger partial charge is 0.339 e. The molecular weight excluding hydrogens is 188 g/mol. The maximum absolute atomic E-state index is 12.1. The molecule has 0 N–H and O–H groups in total. The van der Waals surface area contributed by atoms with Crippen molar-refractivity contribution in [2.24, 2.45) is 0 Å². The molecule has 0 atom stereocenters. The van der Waals surface area contributed by atoms with E-state index in [-0.39, 0.29) is 5.91 Å². The molecule has 82 valence electrons. The lowest BCUT2D eigenvalue weighted by Gasteiger charge is -2.19. The molecule has 1 heterocycles. The second kappa shape index (κ2) is 4.91. The van der Waals surface area contributed by atoms with Crippen molar-refractivity contribution in [1.29, 1.82) is 0 Å². The van der Waals surface area contributed by atoms with Crippen molar-refractivity contribution < 1.29 is 4.79 Å². The predicted octanol–water partition coefficient (Wildman–Crippen LogP) is 2.18. The minimum absolute atomic E-state index is 0.100. The fraction of sp³-hybridized carbons (Fsp3) is 0.500. The average Bonchev–Trinajstić information content (AvgIpc) is 2.23. The van der Waals surface area contributed by atoms with E-state index in [4.69, 9.17) is 0 Å². The van der Waals surface area contributed by atoms with Crippen molar-refractivity contribution in [3.63, 3.8) is 0 Å². The number of amides is 1. The van der Waals surface area contributed by atoms with Crippen LogP contribution < -0.4 is 0 Å². The van der Waals surface area contributed by atoms with Gasteiger partial charge in [0, 0.05) is 30.5 Å². The van der Waals surface area contributed by atoms with Crippen LogP contribution in [-0.2, 0) is 0 Å². The molecule has 0 aliphatic carbocycles. The highest BCUT2D eigenvalue weighted by atomic mass is 16.2. The van der Waals surface area contributed by atoms with Crippen LogP contribution in [-0.4, -0.2) is 28.9 Å². The first kappa shape index (κ1) is 11.7. The Labute approximate surface area is 91.1 Å². The van der Waals surface area contributed by atoms with Gasteiger partial charge in [0.05, 0.1) is 0 Å². The van der Waals surface area contributed by atoms with Gasteiger partial charge >= 0.3 is 0 Å². The van der Waals surface area contributed by atoms with Gasteiger partial charge in [0.1, 0.15) is 0 Å². The number of carbonyl (C=O) groups excluding carboxylic acids is 1. The van der Waals surface area contributed by atoms with E-state index in [1.807, 2.05) is 32.6 Å². The molecule has 0 aliphatic rings. The molecule has 0 bridgehead atoms. The molecule has 1 rings (SSSR count). The summed E-state index contributed by atoms with van der Waals surface area (Å²) in [6.07, 6.45) is 1.69. The number of hydrogen-bond acceptors (Lipinski definition) is 2. The summed E-state index contributed by atoms with van der Waals surface area (Å²) >= 11 is 0. The standard InChI is InChI=1S/C12H18N2O/c1-5-14(6-2)12(15)11-7-8-13-10(4)9(11)3/h7-8H,5-6H2,1-4H3. The number of rotatable bonds is 3. The van der Waals surface area contributed by atoms with Crippen molar-refractivity contribution in [2.45, 2.75) is 27.7 Å². The Morgan fingerprint density at radius 1 is 1.33 bits per heavy atom. The van der Waals surface area contributed by atoms with Gasteiger partial charge in [-0.3, -0.25) is 9.78 Å². The third-order valence-electron chi connectivity index (χ3n) is 2.74. The number of hydrogen-bond donors (Lipinski definition) is 0. The molecule has 0 aromatic carbocycles. The quantitative estimate of drug-likeness (QED) is 0.759. The number of nitrogens with zero attached hydrogens (tertiary/aromatic N) is 2. The summed E-state index contributed by atoms with van der Waals surface area (Å²) in [5.74, 6) is 0.100. The summed E-state index contributed by atoms with van der Waals surface area (Å²) in [6, 6.07) is 1.79. The number of aromatic nitrogens is 1. The monoisotopic (exact) mass is 206 g/mol. The van der Waals surface area contributed by atoms with Gasteiger partial charge in [-0.05, 0) is 39.3 Å². The molecule has 1 aromatic rings. The molecule has 1 amide bonds. The SMILES string of the molecule is CCN(CC)C(=O)c1ccnc(C)c1C. The Bertz CT molecular complexity index is 357. The summed E-state index contributed by atoms with van der Waals surface area (Å²) in [7, 11) is 0. The summed E-state index contributed by atoms with van der Waals surface area (Å²) < 4.78 is 0. The number of aryl methyl sites for hydroxylation is 1. The van der Waals surface area contributed by atoms with Gasteiger partial charge in [-0.25, -0.2) is 0 Å². The highest BCUT2D eigenvalue weighted by Gasteiger charge is 2.15. The second-order valence-corrected chi connectivity index (χ2v) is 3.55. The van der Waals surface area contributed by atoms with Crippen LogP contribution in [0.1, 0.15) is 35.5 Å². The van der Waals surface area contributed by atoms with E-state index in [9.17, 15) is 4.79 Å². The molecule has 0 saturated heterocycles. The van der Waals surface area contributed by atoms with E-state index in [0.29, 0.717) is 0 Å². The highest BCUT2D eigenvalue weighted by Crippen LogP contribution is 2.12. The molecule has 0 spiro atoms. The van der Waals surface area contributed by atoms with E-state index in [0.717, 1.165) is 29.9 Å². The maximum atomic E-state index is 12.1. The molecular formula is C12H18N2O. The van der Waals surface area contributed by atoms with Crippen molar-refractivity contribution in [2.75, 3.05) is 13.1 Å². The van der Waals surface area contributed by atoms with Gasteiger partial charge in [-0.1, -0.05) is 0 Å². The second-order valence-electron chi connectivity index (χ2n) is 3.55. The van der Waals surface area contributed by atoms with Crippen molar-refractivity contribution in [1.82, 2.24) is 9.88 Å². The van der Waals surface area contributed by atoms with Crippen molar-refractivity contribution in [3.05, 3.63) is 29.1 Å². The Kier molecular flexibility index (Phi) is 3.83. The van der Waals surface area contributed by atoms with E-state index >= 15 is 0 Å². The zero-order chi connectivity index (χ0) is 11.4. The van der Waals surface area contributed by atoms with Gasteiger partial charge in [0.25, 0.3) is 5.91 Å². The highest BCUT2D eigenvalue weighted by molar-refractivity contribution is 5.95. The van der Waals surface area contributed by atoms with E-state index < -0.39 is 0 Å². The van der Waals surface area contributed by atoms with Crippen LogP contribution in [0.25, 0.3) is 0 Å². The van der Waals surface area contributed by atoms with Crippen LogP contribution in [0.5, 0.6) is 0 Å². The van der Waals surface area contributed by atoms with Crippen molar-refractivity contribution in [3.8, 4) is 0 Å². The first-order valence-corrected chi connectivity index (χ1v) is 5.33. The van der Waals surface area contributed by atoms with Crippen LogP contribution in [0.3, 0.4) is 0 Å². The molecule has 0 unspecified atom stereocenters. The predicted molar refractivity (Wildman–Crippen MR) is 61.0 cm³/mol. The van der Waals surface area contributed by atoms with Gasteiger partial charge in [0.15, 0.2) is 0 Å². The molecule has 0 aliphatic heterocycles. The van der Waals surface area contributed by atoms with E-state index in [1.165, 1.54) is 0 Å². The van der Waals surface area contributed by atoms with Crippen molar-refractivity contribution >= 4 is 5.91 Å². The smallest absolute Gasteiger partial charge is 0.254 e. The molecule has 1 aromatic heterocycles. The van der Waals surface area contributed by atoms with Crippen LogP contribution in [0.4, 0.5) is 0 Å². The van der Waals surface area contributed by atoms with Crippen LogP contribution in [0.15, 0.2) is 12.3 Å². The lowest BCUT2D eigenvalue weighted by molar-refractivity contribution is 0.0772. The summed E-state index contributed by atoms with van der Waals surface area (Å²) in [4.78, 5) is 18.1. The first-order chi connectivity index (χ1) is 7.11. The molecule has 0 fully saturated rings. The van der Waals surface area contributed by atoms with Gasteiger partial charge < -0.3 is 4.90 Å². The fourth-order valence-electron chi connectivity index (χ4n) is 1.55. The lowest BCUT2D eigenvalue weighted by Crippen LogP contribution is -2.31.